The van der Waals surface area contributed by atoms with Crippen molar-refractivity contribution >= 4 is 17.7 Å². The topological polar surface area (TPSA) is 35.6 Å². The molecule has 20 heavy (non-hydrogen) atoms. The van der Waals surface area contributed by atoms with E-state index in [9.17, 15) is 4.79 Å². The van der Waals surface area contributed by atoms with Gasteiger partial charge in [-0.15, -0.1) is 0 Å². The molecule has 0 radical (unpaired) electrons. The Balaban J connectivity index is 1.86. The normalized spacial score (nSPS) is 22.4. The lowest BCUT2D eigenvalue weighted by Crippen LogP contribution is -2.44. The van der Waals surface area contributed by atoms with E-state index in [1.165, 1.54) is 5.69 Å². The van der Waals surface area contributed by atoms with Crippen molar-refractivity contribution < 1.29 is 4.79 Å². The number of likely N-dealkylation sites (N-methyl/N-ethyl adjacent to an activating group) is 1. The predicted molar refractivity (Wildman–Crippen MR) is 81.8 cm³/mol. The van der Waals surface area contributed by atoms with Crippen LogP contribution in [-0.2, 0) is 4.79 Å². The van der Waals surface area contributed by atoms with E-state index in [4.69, 9.17) is 0 Å². The number of carbonyl (C=O) groups is 1. The molecule has 0 saturated carbocycles. The van der Waals surface area contributed by atoms with Crippen molar-refractivity contribution in [2.24, 2.45) is 0 Å². The van der Waals surface area contributed by atoms with Crippen LogP contribution >= 0.6 is 0 Å². The lowest BCUT2D eigenvalue weighted by Gasteiger charge is -2.35. The summed E-state index contributed by atoms with van der Waals surface area (Å²) in [5, 5.41) is 2.87. The Morgan fingerprint density at radius 3 is 2.60 bits per heavy atom. The third-order valence-corrected chi connectivity index (χ3v) is 4.08. The van der Waals surface area contributed by atoms with E-state index >= 15 is 0 Å². The van der Waals surface area contributed by atoms with E-state index < -0.39 is 0 Å². The van der Waals surface area contributed by atoms with Crippen LogP contribution in [0.25, 0.3) is 6.08 Å². The van der Waals surface area contributed by atoms with Crippen LogP contribution in [0.4, 0.5) is 5.69 Å². The minimum atomic E-state index is 0.0816. The average Bonchev–Trinajstić information content (AvgIpc) is 2.86. The van der Waals surface area contributed by atoms with Crippen LogP contribution < -0.4 is 10.2 Å². The quantitative estimate of drug-likeness (QED) is 0.825. The van der Waals surface area contributed by atoms with Gasteiger partial charge in [-0.3, -0.25) is 4.79 Å². The summed E-state index contributed by atoms with van der Waals surface area (Å²) in [4.78, 5) is 16.5. The highest BCUT2D eigenvalue weighted by molar-refractivity contribution is 6.00. The van der Waals surface area contributed by atoms with E-state index in [0.29, 0.717) is 0 Å². The number of anilines is 1. The Bertz CT molecular complexity index is 530. The van der Waals surface area contributed by atoms with Gasteiger partial charge >= 0.3 is 0 Å². The molecule has 106 valence electrons. The maximum absolute atomic E-state index is 11.7. The first kappa shape index (κ1) is 13.2. The number of benzene rings is 1. The average molecular weight is 271 g/mol. The molecule has 2 aliphatic heterocycles. The molecular formula is C16H21N3O. The highest BCUT2D eigenvalue weighted by atomic mass is 16.1. The van der Waals surface area contributed by atoms with Crippen LogP contribution in [0.3, 0.4) is 0 Å². The van der Waals surface area contributed by atoms with Crippen molar-refractivity contribution in [3.05, 3.63) is 35.4 Å². The molecule has 1 amide bonds. The molecule has 0 unspecified atom stereocenters. The molecule has 0 atom stereocenters. The number of hydrogen-bond donors (Lipinski definition) is 1. The van der Waals surface area contributed by atoms with Crippen LogP contribution in [0.1, 0.15) is 12.0 Å². The molecule has 2 saturated heterocycles. The molecule has 4 heteroatoms. The second-order valence-electron chi connectivity index (χ2n) is 5.52. The number of rotatable bonds is 2. The Morgan fingerprint density at radius 1 is 1.15 bits per heavy atom. The molecule has 0 aliphatic carbocycles. The molecule has 0 aromatic heterocycles. The monoisotopic (exact) mass is 271 g/mol. The number of nitrogens with zero attached hydrogens (tertiary/aromatic N) is 2. The predicted octanol–water partition coefficient (Wildman–Crippen LogP) is 1.34. The minimum Gasteiger partial charge on any atom is -0.368 e. The van der Waals surface area contributed by atoms with E-state index in [1.54, 1.807) is 0 Å². The number of para-hydroxylation sites is 1. The maximum atomic E-state index is 11.7. The van der Waals surface area contributed by atoms with Gasteiger partial charge in [-0.05, 0) is 31.2 Å². The number of hydrogen-bond acceptors (Lipinski definition) is 3. The molecular weight excluding hydrogens is 250 g/mol. The number of amides is 1. The van der Waals surface area contributed by atoms with Crippen molar-refractivity contribution in [2.45, 2.75) is 6.42 Å². The third kappa shape index (κ3) is 2.70. The first-order valence-electron chi connectivity index (χ1n) is 7.25. The van der Waals surface area contributed by atoms with Crippen molar-refractivity contribution in [3.63, 3.8) is 0 Å². The summed E-state index contributed by atoms with van der Waals surface area (Å²) in [6, 6.07) is 8.38. The Morgan fingerprint density at radius 2 is 1.90 bits per heavy atom. The lowest BCUT2D eigenvalue weighted by molar-refractivity contribution is -0.116. The first-order chi connectivity index (χ1) is 9.74. The van der Waals surface area contributed by atoms with Gasteiger partial charge in [-0.2, -0.15) is 0 Å². The summed E-state index contributed by atoms with van der Waals surface area (Å²) in [6.45, 7) is 5.03. The van der Waals surface area contributed by atoms with Gasteiger partial charge in [0.15, 0.2) is 0 Å². The van der Waals surface area contributed by atoms with Crippen molar-refractivity contribution in [1.29, 1.82) is 0 Å². The molecule has 3 rings (SSSR count). The zero-order chi connectivity index (χ0) is 13.9. The van der Waals surface area contributed by atoms with Gasteiger partial charge in [0, 0.05) is 44.0 Å². The molecule has 1 N–H and O–H groups in total. The summed E-state index contributed by atoms with van der Waals surface area (Å²) in [6.07, 6.45) is 2.88. The SMILES string of the molecule is CN1CCN(c2ccccc2/C=C2\CCNC2=O)CC1. The van der Waals surface area contributed by atoms with Crippen molar-refractivity contribution in [2.75, 3.05) is 44.7 Å². The van der Waals surface area contributed by atoms with Gasteiger partial charge in [-0.25, -0.2) is 0 Å². The second-order valence-corrected chi connectivity index (χ2v) is 5.52. The number of nitrogens with one attached hydrogen (secondary N) is 1. The highest BCUT2D eigenvalue weighted by Crippen LogP contribution is 2.25. The maximum Gasteiger partial charge on any atom is 0.247 e. The van der Waals surface area contributed by atoms with E-state index in [0.717, 1.165) is 50.3 Å². The molecule has 1 aromatic carbocycles. The van der Waals surface area contributed by atoms with Crippen molar-refractivity contribution in [3.8, 4) is 0 Å². The molecule has 1 aromatic rings. The number of piperazine rings is 1. The zero-order valence-corrected chi connectivity index (χ0v) is 11.9. The molecule has 2 aliphatic rings. The van der Waals surface area contributed by atoms with Gasteiger partial charge in [0.25, 0.3) is 0 Å². The fraction of sp³-hybridized carbons (Fsp3) is 0.438. The largest absolute Gasteiger partial charge is 0.368 e. The first-order valence-corrected chi connectivity index (χ1v) is 7.25. The number of carbonyl (C=O) groups excluding carboxylic acids is 1. The summed E-state index contributed by atoms with van der Waals surface area (Å²) >= 11 is 0. The molecule has 4 nitrogen and oxygen atoms in total. The zero-order valence-electron chi connectivity index (χ0n) is 11.9. The van der Waals surface area contributed by atoms with Crippen LogP contribution in [0.2, 0.25) is 0 Å². The highest BCUT2D eigenvalue weighted by Gasteiger charge is 2.19. The van der Waals surface area contributed by atoms with Crippen LogP contribution in [-0.4, -0.2) is 50.6 Å². The van der Waals surface area contributed by atoms with Gasteiger partial charge in [-0.1, -0.05) is 18.2 Å². The summed E-state index contributed by atoms with van der Waals surface area (Å²) in [7, 11) is 2.16. The van der Waals surface area contributed by atoms with Gasteiger partial charge in [0.2, 0.25) is 5.91 Å². The second kappa shape index (κ2) is 5.67. The standard InChI is InChI=1S/C16H21N3O/c1-18-8-10-19(11-9-18)15-5-3-2-4-13(15)12-14-6-7-17-16(14)20/h2-5,12H,6-11H2,1H3,(H,17,20)/b14-12+. The van der Waals surface area contributed by atoms with Gasteiger partial charge in [0.1, 0.15) is 0 Å². The molecule has 0 bridgehead atoms. The third-order valence-electron chi connectivity index (χ3n) is 4.08. The molecule has 0 spiro atoms. The van der Waals surface area contributed by atoms with Crippen LogP contribution in [0.15, 0.2) is 29.8 Å². The Kier molecular flexibility index (Phi) is 3.74. The fourth-order valence-electron chi connectivity index (χ4n) is 2.81. The Labute approximate surface area is 120 Å². The van der Waals surface area contributed by atoms with E-state index in [-0.39, 0.29) is 5.91 Å². The van der Waals surface area contributed by atoms with E-state index in [1.807, 2.05) is 6.07 Å². The fourth-order valence-corrected chi connectivity index (χ4v) is 2.81. The summed E-state index contributed by atoms with van der Waals surface area (Å²) in [5.74, 6) is 0.0816. The molecule has 2 heterocycles. The summed E-state index contributed by atoms with van der Waals surface area (Å²) in [5.41, 5.74) is 3.29. The Hall–Kier alpha value is -1.81. The van der Waals surface area contributed by atoms with Crippen LogP contribution in [0.5, 0.6) is 0 Å². The van der Waals surface area contributed by atoms with Crippen LogP contribution in [0, 0.1) is 0 Å². The lowest BCUT2D eigenvalue weighted by atomic mass is 10.1. The minimum absolute atomic E-state index is 0.0816. The van der Waals surface area contributed by atoms with Crippen molar-refractivity contribution in [1.82, 2.24) is 10.2 Å². The van der Waals surface area contributed by atoms with Gasteiger partial charge in [0.05, 0.1) is 0 Å². The molecule has 2 fully saturated rings. The smallest absolute Gasteiger partial charge is 0.247 e. The van der Waals surface area contributed by atoms with E-state index in [2.05, 4.69) is 46.4 Å². The van der Waals surface area contributed by atoms with Gasteiger partial charge < -0.3 is 15.1 Å². The summed E-state index contributed by atoms with van der Waals surface area (Å²) < 4.78 is 0.